The topological polar surface area (TPSA) is 61.0 Å². The quantitative estimate of drug-likeness (QED) is 0.839. The number of amides is 1. The molecule has 2 aromatic rings. The summed E-state index contributed by atoms with van der Waals surface area (Å²) in [6, 6.07) is 7.97. The van der Waals surface area contributed by atoms with Gasteiger partial charge in [0.15, 0.2) is 0 Å². The van der Waals surface area contributed by atoms with Crippen molar-refractivity contribution in [1.29, 1.82) is 0 Å². The van der Waals surface area contributed by atoms with Crippen LogP contribution >= 0.6 is 0 Å². The molecule has 104 valence electrons. The van der Waals surface area contributed by atoms with E-state index in [2.05, 4.69) is 15.5 Å². The smallest absolute Gasteiger partial charge is 0.249 e. The molecule has 0 saturated carbocycles. The Kier molecular flexibility index (Phi) is 4.20. The Hall–Kier alpha value is -2.56. The van der Waals surface area contributed by atoms with E-state index in [9.17, 15) is 4.79 Å². The van der Waals surface area contributed by atoms with E-state index in [-0.39, 0.29) is 5.91 Å². The largest absolute Gasteiger partial charge is 0.378 e. The third kappa shape index (κ3) is 3.47. The molecule has 5 heteroatoms. The van der Waals surface area contributed by atoms with E-state index in [1.54, 1.807) is 12.3 Å². The monoisotopic (exact) mass is 270 g/mol. The van der Waals surface area contributed by atoms with Crippen molar-refractivity contribution in [1.82, 2.24) is 10.2 Å². The summed E-state index contributed by atoms with van der Waals surface area (Å²) in [7, 11) is 3.98. The molecule has 0 fully saturated rings. The molecule has 0 aliphatic heterocycles. The van der Waals surface area contributed by atoms with Gasteiger partial charge in [-0.3, -0.25) is 9.89 Å². The zero-order valence-corrected chi connectivity index (χ0v) is 11.8. The summed E-state index contributed by atoms with van der Waals surface area (Å²) < 4.78 is 0. The number of H-pyrrole nitrogens is 1. The summed E-state index contributed by atoms with van der Waals surface area (Å²) in [5.74, 6) is 0.441. The van der Waals surface area contributed by atoms with Gasteiger partial charge in [0.2, 0.25) is 5.91 Å². The predicted molar refractivity (Wildman–Crippen MR) is 81.8 cm³/mol. The standard InChI is InChI=1S/C15H18N4O/c1-11-10-16-18-15(11)17-14(20)9-6-12-4-7-13(8-5-12)19(2)3/h4-10H,1-3H3,(H2,16,17,18,20)/b9-6+. The van der Waals surface area contributed by atoms with E-state index in [0.717, 1.165) is 16.8 Å². The van der Waals surface area contributed by atoms with Crippen molar-refractivity contribution in [2.24, 2.45) is 0 Å². The van der Waals surface area contributed by atoms with Crippen molar-refractivity contribution in [3.8, 4) is 0 Å². The molecule has 0 radical (unpaired) electrons. The van der Waals surface area contributed by atoms with Gasteiger partial charge in [-0.05, 0) is 30.7 Å². The third-order valence-corrected chi connectivity index (χ3v) is 2.91. The van der Waals surface area contributed by atoms with Gasteiger partial charge < -0.3 is 10.2 Å². The van der Waals surface area contributed by atoms with Gasteiger partial charge in [0, 0.05) is 31.4 Å². The van der Waals surface area contributed by atoms with Crippen molar-refractivity contribution in [3.05, 3.63) is 47.7 Å². The molecule has 2 rings (SSSR count). The maximum atomic E-state index is 11.8. The van der Waals surface area contributed by atoms with E-state index in [4.69, 9.17) is 0 Å². The first-order valence-electron chi connectivity index (χ1n) is 6.32. The fraction of sp³-hybridized carbons (Fsp3) is 0.200. The van der Waals surface area contributed by atoms with Crippen LogP contribution in [0.5, 0.6) is 0 Å². The molecule has 0 saturated heterocycles. The van der Waals surface area contributed by atoms with Crippen LogP contribution in [-0.2, 0) is 4.79 Å². The molecule has 1 amide bonds. The molecule has 1 heterocycles. The minimum absolute atomic E-state index is 0.186. The molecule has 5 nitrogen and oxygen atoms in total. The van der Waals surface area contributed by atoms with Gasteiger partial charge in [-0.2, -0.15) is 5.10 Å². The lowest BCUT2D eigenvalue weighted by Gasteiger charge is -2.11. The zero-order valence-electron chi connectivity index (χ0n) is 11.8. The first-order valence-corrected chi connectivity index (χ1v) is 6.32. The van der Waals surface area contributed by atoms with Gasteiger partial charge in [-0.15, -0.1) is 0 Å². The number of hydrogen-bond acceptors (Lipinski definition) is 3. The van der Waals surface area contributed by atoms with E-state index < -0.39 is 0 Å². The summed E-state index contributed by atoms with van der Waals surface area (Å²) in [6.07, 6.45) is 4.95. The van der Waals surface area contributed by atoms with Crippen LogP contribution in [0, 0.1) is 6.92 Å². The van der Waals surface area contributed by atoms with Gasteiger partial charge >= 0.3 is 0 Å². The molecule has 0 aliphatic rings. The molecule has 0 aliphatic carbocycles. The molecule has 0 atom stereocenters. The van der Waals surface area contributed by atoms with E-state index in [1.165, 1.54) is 6.08 Å². The summed E-state index contributed by atoms with van der Waals surface area (Å²) in [5, 5.41) is 9.32. The molecule has 0 unspecified atom stereocenters. The fourth-order valence-corrected chi connectivity index (χ4v) is 1.69. The van der Waals surface area contributed by atoms with Crippen LogP contribution in [0.2, 0.25) is 0 Å². The second-order valence-corrected chi connectivity index (χ2v) is 4.74. The van der Waals surface area contributed by atoms with Crippen molar-refractivity contribution in [2.75, 3.05) is 24.3 Å². The van der Waals surface area contributed by atoms with Crippen molar-refractivity contribution in [3.63, 3.8) is 0 Å². The summed E-state index contributed by atoms with van der Waals surface area (Å²) >= 11 is 0. The van der Waals surface area contributed by atoms with Crippen LogP contribution in [0.25, 0.3) is 6.08 Å². The molecule has 0 bridgehead atoms. The summed E-state index contributed by atoms with van der Waals surface area (Å²) in [6.45, 7) is 1.88. The Morgan fingerprint density at radius 1 is 1.30 bits per heavy atom. The lowest BCUT2D eigenvalue weighted by Crippen LogP contribution is -2.09. The lowest BCUT2D eigenvalue weighted by molar-refractivity contribution is -0.111. The number of anilines is 2. The minimum Gasteiger partial charge on any atom is -0.378 e. The number of carbonyl (C=O) groups is 1. The SMILES string of the molecule is Cc1cn[nH]c1NC(=O)/C=C/c1ccc(N(C)C)cc1. The van der Waals surface area contributed by atoms with Crippen LogP contribution < -0.4 is 10.2 Å². The summed E-state index contributed by atoms with van der Waals surface area (Å²) in [5.41, 5.74) is 3.01. The van der Waals surface area contributed by atoms with Gasteiger partial charge in [-0.1, -0.05) is 12.1 Å². The average molecular weight is 270 g/mol. The highest BCUT2D eigenvalue weighted by Crippen LogP contribution is 2.13. The second kappa shape index (κ2) is 6.06. The van der Waals surface area contributed by atoms with Crippen molar-refractivity contribution in [2.45, 2.75) is 6.92 Å². The Morgan fingerprint density at radius 2 is 2.00 bits per heavy atom. The number of aromatic amines is 1. The first kappa shape index (κ1) is 13.9. The number of nitrogens with one attached hydrogen (secondary N) is 2. The first-order chi connectivity index (χ1) is 9.56. The Labute approximate surface area is 118 Å². The number of benzene rings is 1. The van der Waals surface area contributed by atoms with Crippen LogP contribution in [0.15, 0.2) is 36.5 Å². The maximum Gasteiger partial charge on any atom is 0.249 e. The average Bonchev–Trinajstić information content (AvgIpc) is 2.82. The third-order valence-electron chi connectivity index (χ3n) is 2.91. The number of carbonyl (C=O) groups excluding carboxylic acids is 1. The van der Waals surface area contributed by atoms with Gasteiger partial charge in [-0.25, -0.2) is 0 Å². The van der Waals surface area contributed by atoms with E-state index in [0.29, 0.717) is 5.82 Å². The van der Waals surface area contributed by atoms with Gasteiger partial charge in [0.1, 0.15) is 5.82 Å². The van der Waals surface area contributed by atoms with E-state index in [1.807, 2.05) is 50.2 Å². The fourth-order valence-electron chi connectivity index (χ4n) is 1.69. The van der Waals surface area contributed by atoms with Crippen LogP contribution in [-0.4, -0.2) is 30.2 Å². The molecule has 1 aromatic carbocycles. The number of aromatic nitrogens is 2. The molecule has 1 aromatic heterocycles. The number of rotatable bonds is 4. The second-order valence-electron chi connectivity index (χ2n) is 4.74. The van der Waals surface area contributed by atoms with E-state index >= 15 is 0 Å². The molecule has 20 heavy (non-hydrogen) atoms. The van der Waals surface area contributed by atoms with Crippen LogP contribution in [0.1, 0.15) is 11.1 Å². The molecule has 2 N–H and O–H groups in total. The normalized spacial score (nSPS) is 10.8. The predicted octanol–water partition coefficient (Wildman–Crippen LogP) is 2.44. The number of aryl methyl sites for hydroxylation is 1. The van der Waals surface area contributed by atoms with Gasteiger partial charge in [0.05, 0.1) is 6.20 Å². The van der Waals surface area contributed by atoms with Crippen LogP contribution in [0.3, 0.4) is 0 Å². The summed E-state index contributed by atoms with van der Waals surface area (Å²) in [4.78, 5) is 13.8. The maximum absolute atomic E-state index is 11.8. The van der Waals surface area contributed by atoms with Crippen molar-refractivity contribution >= 4 is 23.5 Å². The molecule has 0 spiro atoms. The minimum atomic E-state index is -0.186. The highest BCUT2D eigenvalue weighted by Gasteiger charge is 2.02. The number of hydrogen-bond donors (Lipinski definition) is 2. The molecular formula is C15H18N4O. The highest BCUT2D eigenvalue weighted by molar-refractivity contribution is 6.01. The number of nitrogens with zero attached hydrogens (tertiary/aromatic N) is 2. The Bertz CT molecular complexity index is 611. The molecular weight excluding hydrogens is 252 g/mol. The van der Waals surface area contributed by atoms with Crippen molar-refractivity contribution < 1.29 is 4.79 Å². The Morgan fingerprint density at radius 3 is 2.55 bits per heavy atom. The van der Waals surface area contributed by atoms with Gasteiger partial charge in [0.25, 0.3) is 0 Å². The highest BCUT2D eigenvalue weighted by atomic mass is 16.1. The zero-order chi connectivity index (χ0) is 14.5. The van der Waals surface area contributed by atoms with Crippen LogP contribution in [0.4, 0.5) is 11.5 Å². The lowest BCUT2D eigenvalue weighted by atomic mass is 10.2. The Balaban J connectivity index is 1.98.